The fourth-order valence-electron chi connectivity index (χ4n) is 27.1. The third kappa shape index (κ3) is 35.2. The number of hydrogen-bond acceptors (Lipinski definition) is 0. The second kappa shape index (κ2) is 72.3. The predicted molar refractivity (Wildman–Crippen MR) is 654 cm³/mol. The third-order valence-electron chi connectivity index (χ3n) is 38.2. The minimum atomic E-state index is 0.677. The van der Waals surface area contributed by atoms with Crippen molar-refractivity contribution in [1.29, 1.82) is 0 Å². The van der Waals surface area contributed by atoms with Crippen molar-refractivity contribution >= 4 is 32.3 Å². The van der Waals surface area contributed by atoms with Gasteiger partial charge in [0, 0.05) is 0 Å². The van der Waals surface area contributed by atoms with Crippen LogP contribution in [0, 0.1) is 142 Å². The molecule has 0 amide bonds. The largest absolute Gasteiger partial charge is 0.0770 e. The molecule has 812 valence electrons. The van der Waals surface area contributed by atoms with Crippen LogP contribution in [0.25, 0.3) is 32.3 Å². The van der Waals surface area contributed by atoms with E-state index in [0.29, 0.717) is 17.8 Å². The van der Waals surface area contributed by atoms with Gasteiger partial charge in [0.2, 0.25) is 0 Å². The molecule has 5 fully saturated rings. The zero-order valence-electron chi connectivity index (χ0n) is 104. The lowest BCUT2D eigenvalue weighted by Gasteiger charge is -2.50. The molecule has 0 bridgehead atoms. The van der Waals surface area contributed by atoms with E-state index in [1.54, 1.807) is 55.7 Å². The number of benzene rings is 7. The summed E-state index contributed by atoms with van der Waals surface area (Å²) in [6.07, 6.45) is 35.8. The molecule has 142 heavy (non-hydrogen) atoms. The summed E-state index contributed by atoms with van der Waals surface area (Å²) < 4.78 is 0. The normalized spacial score (nSPS) is 29.6. The van der Waals surface area contributed by atoms with Crippen molar-refractivity contribution in [3.8, 4) is 0 Å². The van der Waals surface area contributed by atoms with E-state index < -0.39 is 0 Å². The van der Waals surface area contributed by atoms with Gasteiger partial charge in [-0.25, -0.2) is 0 Å². The standard InChI is InChI=1S/3C20H26.C16H30.C16H24.C15H28.C15H24.10C2H6/c1-5-13(2)18-10-14(3)15(4)19-11-16-8-6-7-9-17(16)12-20(18)19;1-5-13(2)19-12-14(3)15(4)17-11-10-16-8-6-7-9-18(16)20(17)19;1-5-13(2)19-12-14(3)15(4)20-17-9-7-6-8-16(17)10-11-18(19)20;2*1-5-11(2)16-10-12(3)13(4)14-8-6-7-9-15(14)16;2*1-5-10(2)15-9-11(3)12(4)13-7-6-8-14(13)15;10*1-2/h6-9,11-15,18H,5,10H2,1-4H3;2*6-11,13-15,19H,5,12H2,1-4H3;11-16H,5-10H2,1-4H3;6-9,11-13,16H,5,10H2,1-4H3;10-15H,5-9H2,1-4H3;7-8,10-12,15H,5-6,9H2,1-4H3;10*1-2H3. The smallest absolute Gasteiger partial charge is 0.0125 e. The third-order valence-corrected chi connectivity index (χ3v) is 38.2. The molecular formula is C142H244. The lowest BCUT2D eigenvalue weighted by Crippen LogP contribution is -2.42. The van der Waals surface area contributed by atoms with Gasteiger partial charge in [0.1, 0.15) is 0 Å². The molecule has 0 heteroatoms. The Balaban J connectivity index is 0.000000805. The van der Waals surface area contributed by atoms with Crippen LogP contribution in [0.1, 0.15) is 565 Å². The second-order valence-electron chi connectivity index (χ2n) is 44.7. The van der Waals surface area contributed by atoms with E-state index >= 15 is 0 Å². The molecule has 0 N–H and O–H groups in total. The van der Waals surface area contributed by atoms with Crippen LogP contribution in [0.4, 0.5) is 0 Å². The highest BCUT2D eigenvalue weighted by Crippen LogP contribution is 2.57. The Bertz CT molecular complexity index is 4400. The molecule has 32 unspecified atom stereocenters. The highest BCUT2D eigenvalue weighted by Gasteiger charge is 2.47. The van der Waals surface area contributed by atoms with Gasteiger partial charge in [-0.05, 0) is 354 Å². The van der Waals surface area contributed by atoms with Crippen molar-refractivity contribution in [1.82, 2.24) is 0 Å². The molecule has 10 aliphatic rings. The van der Waals surface area contributed by atoms with Gasteiger partial charge >= 0.3 is 0 Å². The quantitative estimate of drug-likeness (QED) is 0.102. The Morgan fingerprint density at radius 2 is 0.521 bits per heavy atom. The van der Waals surface area contributed by atoms with E-state index in [0.717, 1.165) is 172 Å². The van der Waals surface area contributed by atoms with E-state index in [1.807, 2.05) is 138 Å². The summed E-state index contributed by atoms with van der Waals surface area (Å²) >= 11 is 0. The molecule has 0 heterocycles. The average Bonchev–Trinajstić information content (AvgIpc) is 0.921. The SMILES string of the molecule is CC.CC.CC.CC.CC.CC.CC.CC.CC.CC.CCC(C)C1CC(C)C(C)C2=CCC=C21.CCC(C)C1CC(C)C(C)C2CCCC12.CCC(C)C1CC(C)C(C)C2CCCCC12.CCC(C)C1CC(C)C(C)c2c1ccc1ccccc21.CCC(C)C1CC(C)C(C)c2cc3ccccc3cc21.CCC(C)C1CC(C)C(C)c2ccc3ccccc3c21.CCC(C)C1CC(C)C(C)c2ccccc21. The molecule has 0 aliphatic heterocycles. The average molecular weight is 1950 g/mol. The maximum absolute atomic E-state index is 2.53. The summed E-state index contributed by atoms with van der Waals surface area (Å²) in [4.78, 5) is 0. The highest BCUT2D eigenvalue weighted by atomic mass is 14.5. The van der Waals surface area contributed by atoms with Crippen LogP contribution < -0.4 is 0 Å². The van der Waals surface area contributed by atoms with E-state index in [-0.39, 0.29) is 0 Å². The van der Waals surface area contributed by atoms with Crippen molar-refractivity contribution in [3.05, 3.63) is 201 Å². The Kier molecular flexibility index (Phi) is 68.6. The number of hydrogen-bond donors (Lipinski definition) is 0. The summed E-state index contributed by atoms with van der Waals surface area (Å²) in [5.41, 5.74) is 16.4. The molecular weight excluding hydrogens is 1710 g/mol. The Morgan fingerprint density at radius 1 is 0.225 bits per heavy atom. The van der Waals surface area contributed by atoms with Gasteiger partial charge in [0.15, 0.2) is 0 Å². The maximum Gasteiger partial charge on any atom is -0.0125 e. The summed E-state index contributed by atoms with van der Waals surface area (Å²) in [5.74, 6) is 27.8. The summed E-state index contributed by atoms with van der Waals surface area (Å²) in [7, 11) is 0. The zero-order valence-corrected chi connectivity index (χ0v) is 104. The van der Waals surface area contributed by atoms with Gasteiger partial charge in [0.05, 0.1) is 0 Å². The van der Waals surface area contributed by atoms with Crippen LogP contribution in [0.2, 0.25) is 0 Å². The predicted octanol–water partition coefficient (Wildman–Crippen LogP) is 48.0. The molecule has 0 aromatic heterocycles. The summed E-state index contributed by atoms with van der Waals surface area (Å²) in [5, 5.41) is 8.58. The number of rotatable bonds is 14. The number of allylic oxidation sites excluding steroid dienone is 4. The summed E-state index contributed by atoms with van der Waals surface area (Å²) in [6.45, 7) is 108. The molecule has 7 aromatic rings. The Hall–Kier alpha value is -5.20. The van der Waals surface area contributed by atoms with Gasteiger partial charge < -0.3 is 0 Å². The Labute approximate surface area is 890 Å². The molecule has 0 nitrogen and oxygen atoms in total. The lowest BCUT2D eigenvalue weighted by atomic mass is 9.56. The first-order chi connectivity index (χ1) is 68.5. The van der Waals surface area contributed by atoms with Crippen LogP contribution in [0.5, 0.6) is 0 Å². The second-order valence-corrected chi connectivity index (χ2v) is 44.7. The monoisotopic (exact) mass is 1950 g/mol. The van der Waals surface area contributed by atoms with Crippen molar-refractivity contribution in [3.63, 3.8) is 0 Å². The molecule has 0 radical (unpaired) electrons. The molecule has 0 saturated heterocycles. The van der Waals surface area contributed by atoms with E-state index in [9.17, 15) is 0 Å². The van der Waals surface area contributed by atoms with Crippen LogP contribution in [-0.4, -0.2) is 0 Å². The first kappa shape index (κ1) is 135. The van der Waals surface area contributed by atoms with Crippen molar-refractivity contribution < 1.29 is 0 Å². The van der Waals surface area contributed by atoms with Gasteiger partial charge in [-0.3, -0.25) is 0 Å². The van der Waals surface area contributed by atoms with Crippen LogP contribution in [0.15, 0.2) is 157 Å². The van der Waals surface area contributed by atoms with Crippen LogP contribution in [-0.2, 0) is 0 Å². The van der Waals surface area contributed by atoms with Crippen molar-refractivity contribution in [2.75, 3.05) is 0 Å². The van der Waals surface area contributed by atoms with E-state index in [1.165, 1.54) is 174 Å². The fourth-order valence-corrected chi connectivity index (χ4v) is 27.1. The van der Waals surface area contributed by atoms with Crippen molar-refractivity contribution in [2.24, 2.45) is 142 Å². The lowest BCUT2D eigenvalue weighted by molar-refractivity contribution is -0.00243. The van der Waals surface area contributed by atoms with E-state index in [4.69, 9.17) is 0 Å². The zero-order chi connectivity index (χ0) is 108. The topological polar surface area (TPSA) is 0 Å². The van der Waals surface area contributed by atoms with Gasteiger partial charge in [-0.2, -0.15) is 0 Å². The van der Waals surface area contributed by atoms with Gasteiger partial charge in [0.25, 0.3) is 0 Å². The summed E-state index contributed by atoms with van der Waals surface area (Å²) in [6, 6.07) is 50.1. The van der Waals surface area contributed by atoms with Crippen LogP contribution >= 0.6 is 0 Å². The first-order valence-electron chi connectivity index (χ1n) is 62.5. The molecule has 5 saturated carbocycles. The Morgan fingerprint density at radius 3 is 0.958 bits per heavy atom. The fraction of sp³-hybridized carbons (Fsp3) is 0.718. The molecule has 10 aliphatic carbocycles. The molecule has 17 rings (SSSR count). The van der Waals surface area contributed by atoms with Gasteiger partial charge in [-0.15, -0.1) is 0 Å². The minimum absolute atomic E-state index is 0.677. The van der Waals surface area contributed by atoms with Gasteiger partial charge in [-0.1, -0.05) is 542 Å². The molecule has 32 atom stereocenters. The molecule has 7 aromatic carbocycles. The molecule has 0 spiro atoms. The van der Waals surface area contributed by atoms with Crippen LogP contribution in [0.3, 0.4) is 0 Å². The highest BCUT2D eigenvalue weighted by molar-refractivity contribution is 5.89. The first-order valence-corrected chi connectivity index (χ1v) is 62.5. The minimum Gasteiger partial charge on any atom is -0.0770 e. The van der Waals surface area contributed by atoms with Crippen molar-refractivity contribution in [2.45, 2.75) is 521 Å². The maximum atomic E-state index is 2.53. The van der Waals surface area contributed by atoms with E-state index in [2.05, 4.69) is 339 Å². The number of fused-ring (bicyclic) bond motifs is 12.